The van der Waals surface area contributed by atoms with Crippen LogP contribution in [0.5, 0.6) is 0 Å². The fourth-order valence-electron chi connectivity index (χ4n) is 3.35. The third-order valence-corrected chi connectivity index (χ3v) is 4.91. The van der Waals surface area contributed by atoms with Crippen LogP contribution >= 0.6 is 0 Å². The number of carbonyl (C=O) groups excluding carboxylic acids is 1. The van der Waals surface area contributed by atoms with Gasteiger partial charge in [0.15, 0.2) is 0 Å². The maximum atomic E-state index is 13.6. The first kappa shape index (κ1) is 22.7. The lowest BCUT2D eigenvalue weighted by Crippen LogP contribution is -2.48. The zero-order valence-electron chi connectivity index (χ0n) is 17.1. The molecule has 2 aromatic carbocycles. The molecule has 0 unspecified atom stereocenters. The third kappa shape index (κ3) is 7.62. The summed E-state index contributed by atoms with van der Waals surface area (Å²) >= 11 is 0. The summed E-state index contributed by atoms with van der Waals surface area (Å²) in [5.41, 5.74) is 1.39. The van der Waals surface area contributed by atoms with Crippen molar-refractivity contribution in [2.45, 2.75) is 38.0 Å². The van der Waals surface area contributed by atoms with Gasteiger partial charge in [0, 0.05) is 19.0 Å². The summed E-state index contributed by atoms with van der Waals surface area (Å²) in [6, 6.07) is 15.6. The van der Waals surface area contributed by atoms with Gasteiger partial charge in [-0.05, 0) is 48.2 Å². The Kier molecular flexibility index (Phi) is 8.32. The van der Waals surface area contributed by atoms with Gasteiger partial charge < -0.3 is 20.2 Å². The molecule has 0 saturated heterocycles. The molecule has 1 amide bonds. The summed E-state index contributed by atoms with van der Waals surface area (Å²) in [6.07, 6.45) is 1.48. The van der Waals surface area contributed by atoms with E-state index in [1.165, 1.54) is 12.1 Å². The summed E-state index contributed by atoms with van der Waals surface area (Å²) < 4.78 is 32.4. The molecule has 0 aliphatic carbocycles. The van der Waals surface area contributed by atoms with E-state index in [0.29, 0.717) is 24.3 Å². The van der Waals surface area contributed by atoms with Crippen LogP contribution in [-0.2, 0) is 24.2 Å². The summed E-state index contributed by atoms with van der Waals surface area (Å²) in [6.45, 7) is 0.579. The lowest BCUT2D eigenvalue weighted by Gasteiger charge is -2.25. The van der Waals surface area contributed by atoms with Gasteiger partial charge in [0.1, 0.15) is 17.4 Å². The van der Waals surface area contributed by atoms with Gasteiger partial charge in [0.05, 0.1) is 25.0 Å². The predicted molar refractivity (Wildman–Crippen MR) is 113 cm³/mol. The number of aryl methyl sites for hydroxylation is 1. The molecule has 3 aromatic rings. The summed E-state index contributed by atoms with van der Waals surface area (Å²) in [7, 11) is 0. The summed E-state index contributed by atoms with van der Waals surface area (Å²) in [4.78, 5) is 12.5. The fraction of sp³-hybridized carbons (Fsp3) is 0.292. The lowest BCUT2D eigenvalue weighted by molar-refractivity contribution is -0.122. The average Bonchev–Trinajstić information content (AvgIpc) is 3.25. The number of halogens is 2. The smallest absolute Gasteiger partial charge is 0.220 e. The molecule has 0 saturated carbocycles. The topological polar surface area (TPSA) is 74.5 Å². The van der Waals surface area contributed by atoms with Crippen molar-refractivity contribution in [3.8, 4) is 0 Å². The van der Waals surface area contributed by atoms with Gasteiger partial charge in [0.25, 0.3) is 0 Å². The zero-order chi connectivity index (χ0) is 22.1. The van der Waals surface area contributed by atoms with Crippen LogP contribution in [0.3, 0.4) is 0 Å². The van der Waals surface area contributed by atoms with E-state index in [1.54, 1.807) is 18.4 Å². The van der Waals surface area contributed by atoms with E-state index in [1.807, 2.05) is 30.3 Å². The minimum Gasteiger partial charge on any atom is -0.468 e. The molecule has 1 heterocycles. The van der Waals surface area contributed by atoms with Gasteiger partial charge in [0.2, 0.25) is 5.91 Å². The Morgan fingerprint density at radius 2 is 1.74 bits per heavy atom. The van der Waals surface area contributed by atoms with Crippen LogP contribution < -0.4 is 10.6 Å². The molecule has 1 aromatic heterocycles. The number of furan rings is 1. The molecule has 0 spiro atoms. The molecule has 0 radical (unpaired) electrons. The number of aliphatic hydroxyl groups is 1. The number of rotatable bonds is 11. The Bertz CT molecular complexity index is 928. The van der Waals surface area contributed by atoms with Gasteiger partial charge in [-0.3, -0.25) is 4.79 Å². The SMILES string of the molecule is O=C(CCc1ccccc1)N[C@@H](Cc1cc(F)cc(F)c1)[C@H](O)CNCc1ccco1. The Balaban J connectivity index is 1.61. The largest absolute Gasteiger partial charge is 0.468 e. The van der Waals surface area contributed by atoms with Gasteiger partial charge in [-0.15, -0.1) is 0 Å². The van der Waals surface area contributed by atoms with Gasteiger partial charge in [-0.25, -0.2) is 8.78 Å². The summed E-state index contributed by atoms with van der Waals surface area (Å²) in [5.74, 6) is -0.928. The first-order valence-electron chi connectivity index (χ1n) is 10.2. The van der Waals surface area contributed by atoms with Crippen LogP contribution in [-0.4, -0.2) is 29.7 Å². The number of nitrogens with one attached hydrogen (secondary N) is 2. The van der Waals surface area contributed by atoms with Crippen LogP contribution in [0.15, 0.2) is 71.3 Å². The molecule has 3 N–H and O–H groups in total. The van der Waals surface area contributed by atoms with E-state index < -0.39 is 23.8 Å². The van der Waals surface area contributed by atoms with E-state index in [-0.39, 0.29) is 25.3 Å². The second-order valence-corrected chi connectivity index (χ2v) is 7.42. The summed E-state index contributed by atoms with van der Waals surface area (Å²) in [5, 5.41) is 16.6. The molecular weight excluding hydrogens is 402 g/mol. The Labute approximate surface area is 180 Å². The second kappa shape index (κ2) is 11.4. The molecule has 0 bridgehead atoms. The quantitative estimate of drug-likeness (QED) is 0.438. The molecule has 0 fully saturated rings. The van der Waals surface area contributed by atoms with Crippen molar-refractivity contribution in [1.29, 1.82) is 0 Å². The normalized spacial score (nSPS) is 13.0. The monoisotopic (exact) mass is 428 g/mol. The molecule has 2 atom stereocenters. The first-order chi connectivity index (χ1) is 15.0. The van der Waals surface area contributed by atoms with E-state index in [2.05, 4.69) is 10.6 Å². The van der Waals surface area contributed by atoms with Crippen LogP contribution in [0, 0.1) is 11.6 Å². The average molecular weight is 428 g/mol. The highest BCUT2D eigenvalue weighted by molar-refractivity contribution is 5.76. The van der Waals surface area contributed by atoms with Crippen LogP contribution in [0.1, 0.15) is 23.3 Å². The van der Waals surface area contributed by atoms with Crippen molar-refractivity contribution in [3.63, 3.8) is 0 Å². The number of amides is 1. The minimum atomic E-state index is -0.970. The molecule has 3 rings (SSSR count). The number of benzene rings is 2. The van der Waals surface area contributed by atoms with Crippen LogP contribution in [0.25, 0.3) is 0 Å². The van der Waals surface area contributed by atoms with E-state index in [0.717, 1.165) is 11.6 Å². The van der Waals surface area contributed by atoms with E-state index in [9.17, 15) is 18.7 Å². The van der Waals surface area contributed by atoms with Crippen molar-refractivity contribution in [2.75, 3.05) is 6.54 Å². The molecule has 164 valence electrons. The molecule has 31 heavy (non-hydrogen) atoms. The molecule has 7 heteroatoms. The number of aliphatic hydroxyl groups excluding tert-OH is 1. The van der Waals surface area contributed by atoms with Gasteiger partial charge in [-0.1, -0.05) is 30.3 Å². The highest BCUT2D eigenvalue weighted by Gasteiger charge is 2.22. The highest BCUT2D eigenvalue weighted by Crippen LogP contribution is 2.13. The highest BCUT2D eigenvalue weighted by atomic mass is 19.1. The lowest BCUT2D eigenvalue weighted by atomic mass is 10.00. The van der Waals surface area contributed by atoms with Gasteiger partial charge in [-0.2, -0.15) is 0 Å². The second-order valence-electron chi connectivity index (χ2n) is 7.42. The molecule has 0 aliphatic heterocycles. The standard InChI is InChI=1S/C24H26F2N2O3/c25-19-11-18(12-20(26)14-19)13-22(23(29)16-27-15-21-7-4-10-31-21)28-24(30)9-8-17-5-2-1-3-6-17/h1-7,10-12,14,22-23,27,29H,8-9,13,15-16H2,(H,28,30)/t22-,23+/m0/s1. The fourth-order valence-corrected chi connectivity index (χ4v) is 3.35. The predicted octanol–water partition coefficient (Wildman–Crippen LogP) is 3.37. The first-order valence-corrected chi connectivity index (χ1v) is 10.2. The van der Waals surface area contributed by atoms with E-state index in [4.69, 9.17) is 4.42 Å². The molecule has 5 nitrogen and oxygen atoms in total. The number of carbonyl (C=O) groups is 1. The molecule has 0 aliphatic rings. The van der Waals surface area contributed by atoms with Crippen LogP contribution in [0.4, 0.5) is 8.78 Å². The maximum Gasteiger partial charge on any atom is 0.220 e. The number of hydrogen-bond acceptors (Lipinski definition) is 4. The molecular formula is C24H26F2N2O3. The zero-order valence-corrected chi connectivity index (χ0v) is 17.1. The van der Waals surface area contributed by atoms with Crippen LogP contribution in [0.2, 0.25) is 0 Å². The maximum absolute atomic E-state index is 13.6. The Hall–Kier alpha value is -3.03. The minimum absolute atomic E-state index is 0.0926. The van der Waals surface area contributed by atoms with Crippen molar-refractivity contribution >= 4 is 5.91 Å². The van der Waals surface area contributed by atoms with Crippen molar-refractivity contribution in [2.24, 2.45) is 0 Å². The Morgan fingerprint density at radius 1 is 1.00 bits per heavy atom. The van der Waals surface area contributed by atoms with Crippen molar-refractivity contribution in [1.82, 2.24) is 10.6 Å². The Morgan fingerprint density at radius 3 is 2.42 bits per heavy atom. The van der Waals surface area contributed by atoms with Crippen molar-refractivity contribution < 1.29 is 23.1 Å². The van der Waals surface area contributed by atoms with E-state index >= 15 is 0 Å². The van der Waals surface area contributed by atoms with Gasteiger partial charge >= 0.3 is 0 Å². The third-order valence-electron chi connectivity index (χ3n) is 4.91. The number of hydrogen-bond donors (Lipinski definition) is 3. The van der Waals surface area contributed by atoms with Crippen molar-refractivity contribution in [3.05, 3.63) is 95.4 Å².